The van der Waals surface area contributed by atoms with Crippen LogP contribution >= 0.6 is 11.3 Å². The van der Waals surface area contributed by atoms with Crippen LogP contribution in [0.4, 0.5) is 0 Å². The smallest absolute Gasteiger partial charge is 0.272 e. The van der Waals surface area contributed by atoms with Crippen molar-refractivity contribution in [3.8, 4) is 10.6 Å². The summed E-state index contributed by atoms with van der Waals surface area (Å²) in [6.07, 6.45) is 0. The van der Waals surface area contributed by atoms with E-state index in [2.05, 4.69) is 15.5 Å². The molecule has 0 aliphatic heterocycles. The molecule has 5 nitrogen and oxygen atoms in total. The van der Waals surface area contributed by atoms with Crippen LogP contribution in [0.25, 0.3) is 10.6 Å². The zero-order valence-electron chi connectivity index (χ0n) is 10.8. The Morgan fingerprint density at radius 2 is 2.35 bits per heavy atom. The molecular formula is C14H13N3O2S. The maximum Gasteiger partial charge on any atom is 0.272 e. The number of aromatic amines is 1. The Bertz CT molecular complexity index is 712. The molecule has 102 valence electrons. The van der Waals surface area contributed by atoms with E-state index in [0.29, 0.717) is 12.2 Å². The Hall–Kier alpha value is -2.34. The van der Waals surface area contributed by atoms with E-state index in [1.54, 1.807) is 17.4 Å². The van der Waals surface area contributed by atoms with Gasteiger partial charge >= 0.3 is 0 Å². The van der Waals surface area contributed by atoms with Crippen LogP contribution in [-0.2, 0) is 6.54 Å². The van der Waals surface area contributed by atoms with Crippen LogP contribution in [0.2, 0.25) is 0 Å². The number of carbonyl (C=O) groups excluding carboxylic acids is 1. The first kappa shape index (κ1) is 12.7. The third kappa shape index (κ3) is 2.65. The van der Waals surface area contributed by atoms with E-state index < -0.39 is 0 Å². The minimum atomic E-state index is -0.224. The number of hydrogen-bond donors (Lipinski definition) is 2. The number of H-pyrrole nitrogens is 1. The first-order valence-corrected chi connectivity index (χ1v) is 7.03. The summed E-state index contributed by atoms with van der Waals surface area (Å²) in [4.78, 5) is 13.0. The van der Waals surface area contributed by atoms with Crippen LogP contribution in [0, 0.1) is 6.92 Å². The van der Waals surface area contributed by atoms with Crippen LogP contribution in [0.3, 0.4) is 0 Å². The molecule has 0 atom stereocenters. The summed E-state index contributed by atoms with van der Waals surface area (Å²) in [5.41, 5.74) is 1.22. The van der Waals surface area contributed by atoms with Gasteiger partial charge < -0.3 is 9.73 Å². The summed E-state index contributed by atoms with van der Waals surface area (Å²) in [6, 6.07) is 9.39. The quantitative estimate of drug-likeness (QED) is 0.775. The summed E-state index contributed by atoms with van der Waals surface area (Å²) in [7, 11) is 0. The van der Waals surface area contributed by atoms with Gasteiger partial charge in [-0.2, -0.15) is 5.10 Å². The molecule has 3 heterocycles. The fraction of sp³-hybridized carbons (Fsp3) is 0.143. The fourth-order valence-corrected chi connectivity index (χ4v) is 2.53. The zero-order chi connectivity index (χ0) is 13.9. The highest BCUT2D eigenvalue weighted by atomic mass is 32.1. The van der Waals surface area contributed by atoms with E-state index in [1.807, 2.05) is 36.6 Å². The summed E-state index contributed by atoms with van der Waals surface area (Å²) < 4.78 is 5.39. The number of thiophene rings is 1. The van der Waals surface area contributed by atoms with E-state index in [9.17, 15) is 4.79 Å². The molecule has 1 amide bonds. The van der Waals surface area contributed by atoms with Crippen molar-refractivity contribution < 1.29 is 9.21 Å². The van der Waals surface area contributed by atoms with Gasteiger partial charge in [-0.25, -0.2) is 0 Å². The Balaban J connectivity index is 1.65. The van der Waals surface area contributed by atoms with Gasteiger partial charge in [0, 0.05) is 0 Å². The van der Waals surface area contributed by atoms with Crippen molar-refractivity contribution in [2.45, 2.75) is 13.5 Å². The van der Waals surface area contributed by atoms with Crippen molar-refractivity contribution in [1.82, 2.24) is 15.5 Å². The Labute approximate surface area is 119 Å². The maximum atomic E-state index is 12.0. The van der Waals surface area contributed by atoms with Gasteiger partial charge in [0.2, 0.25) is 0 Å². The average molecular weight is 287 g/mol. The van der Waals surface area contributed by atoms with Gasteiger partial charge in [0.15, 0.2) is 5.69 Å². The molecule has 20 heavy (non-hydrogen) atoms. The average Bonchev–Trinajstić information content (AvgIpc) is 3.16. The Morgan fingerprint density at radius 3 is 3.05 bits per heavy atom. The summed E-state index contributed by atoms with van der Waals surface area (Å²) in [5, 5.41) is 11.7. The number of aryl methyl sites for hydroxylation is 1. The molecule has 0 aliphatic rings. The van der Waals surface area contributed by atoms with Crippen molar-refractivity contribution >= 4 is 17.2 Å². The highest BCUT2D eigenvalue weighted by molar-refractivity contribution is 7.13. The second-order valence-corrected chi connectivity index (χ2v) is 5.29. The van der Waals surface area contributed by atoms with E-state index in [0.717, 1.165) is 22.1 Å². The molecule has 0 spiro atoms. The van der Waals surface area contributed by atoms with Crippen molar-refractivity contribution in [2.24, 2.45) is 0 Å². The van der Waals surface area contributed by atoms with Crippen molar-refractivity contribution in [3.63, 3.8) is 0 Å². The molecule has 0 radical (unpaired) electrons. The number of carbonyl (C=O) groups is 1. The fourth-order valence-electron chi connectivity index (χ4n) is 1.83. The number of aromatic nitrogens is 2. The predicted molar refractivity (Wildman–Crippen MR) is 76.5 cm³/mol. The lowest BCUT2D eigenvalue weighted by Gasteiger charge is -1.99. The first-order valence-electron chi connectivity index (χ1n) is 6.15. The monoisotopic (exact) mass is 287 g/mol. The van der Waals surface area contributed by atoms with Crippen LogP contribution in [0.15, 0.2) is 40.1 Å². The second-order valence-electron chi connectivity index (χ2n) is 4.34. The number of furan rings is 1. The van der Waals surface area contributed by atoms with Gasteiger partial charge in [0.05, 0.1) is 17.1 Å². The summed E-state index contributed by atoms with van der Waals surface area (Å²) in [5.74, 6) is 1.33. The van der Waals surface area contributed by atoms with Crippen molar-refractivity contribution in [3.05, 3.63) is 52.9 Å². The molecule has 0 aliphatic carbocycles. The molecule has 6 heteroatoms. The number of amides is 1. The molecule has 2 N–H and O–H groups in total. The molecule has 3 aromatic rings. The number of nitrogens with zero attached hydrogens (tertiary/aromatic N) is 1. The zero-order valence-corrected chi connectivity index (χ0v) is 11.7. The van der Waals surface area contributed by atoms with E-state index in [4.69, 9.17) is 4.42 Å². The molecule has 0 saturated carbocycles. The Morgan fingerprint density at radius 1 is 1.45 bits per heavy atom. The van der Waals surface area contributed by atoms with Gasteiger partial charge in [-0.05, 0) is 36.6 Å². The number of nitrogens with one attached hydrogen (secondary N) is 2. The summed E-state index contributed by atoms with van der Waals surface area (Å²) >= 11 is 1.60. The number of rotatable bonds is 4. The molecule has 3 rings (SSSR count). The van der Waals surface area contributed by atoms with Gasteiger partial charge in [-0.15, -0.1) is 11.3 Å². The lowest BCUT2D eigenvalue weighted by molar-refractivity contribution is 0.0943. The Kier molecular flexibility index (Phi) is 3.39. The SMILES string of the molecule is Cc1ccc(CNC(=O)c2cc(-c3cccs3)[nH]n2)o1. The second kappa shape index (κ2) is 5.34. The normalized spacial score (nSPS) is 10.7. The van der Waals surface area contributed by atoms with Gasteiger partial charge in [-0.1, -0.05) is 6.07 Å². The van der Waals surface area contributed by atoms with E-state index in [1.165, 1.54) is 0 Å². The predicted octanol–water partition coefficient (Wildman–Crippen LogP) is 2.97. The molecule has 0 bridgehead atoms. The summed E-state index contributed by atoms with van der Waals surface area (Å²) in [6.45, 7) is 2.22. The van der Waals surface area contributed by atoms with Crippen molar-refractivity contribution in [2.75, 3.05) is 0 Å². The third-order valence-electron chi connectivity index (χ3n) is 2.82. The molecule has 0 saturated heterocycles. The van der Waals surface area contributed by atoms with Crippen molar-refractivity contribution in [1.29, 1.82) is 0 Å². The highest BCUT2D eigenvalue weighted by Crippen LogP contribution is 2.22. The maximum absolute atomic E-state index is 12.0. The van der Waals surface area contributed by atoms with Crippen LogP contribution in [0.1, 0.15) is 22.0 Å². The van der Waals surface area contributed by atoms with Crippen LogP contribution < -0.4 is 5.32 Å². The number of hydrogen-bond acceptors (Lipinski definition) is 4. The molecule has 0 fully saturated rings. The van der Waals surface area contributed by atoms with E-state index in [-0.39, 0.29) is 5.91 Å². The standard InChI is InChI=1S/C14H13N3O2S/c1-9-4-5-10(19-9)8-15-14(18)12-7-11(16-17-12)13-3-2-6-20-13/h2-7H,8H2,1H3,(H,15,18)(H,16,17). The third-order valence-corrected chi connectivity index (χ3v) is 3.72. The lowest BCUT2D eigenvalue weighted by atomic mass is 10.3. The topological polar surface area (TPSA) is 70.9 Å². The molecule has 0 unspecified atom stereocenters. The van der Waals surface area contributed by atoms with Crippen LogP contribution in [-0.4, -0.2) is 16.1 Å². The van der Waals surface area contributed by atoms with Gasteiger partial charge in [0.1, 0.15) is 11.5 Å². The van der Waals surface area contributed by atoms with Gasteiger partial charge in [0.25, 0.3) is 5.91 Å². The molecule has 0 aromatic carbocycles. The molecular weight excluding hydrogens is 274 g/mol. The van der Waals surface area contributed by atoms with Crippen LogP contribution in [0.5, 0.6) is 0 Å². The largest absolute Gasteiger partial charge is 0.465 e. The lowest BCUT2D eigenvalue weighted by Crippen LogP contribution is -2.22. The minimum Gasteiger partial charge on any atom is -0.465 e. The highest BCUT2D eigenvalue weighted by Gasteiger charge is 2.12. The first-order chi connectivity index (χ1) is 9.72. The molecule has 3 aromatic heterocycles. The minimum absolute atomic E-state index is 0.224. The van der Waals surface area contributed by atoms with Gasteiger partial charge in [-0.3, -0.25) is 9.89 Å². The van der Waals surface area contributed by atoms with E-state index >= 15 is 0 Å².